The summed E-state index contributed by atoms with van der Waals surface area (Å²) in [6.45, 7) is 0. The number of nitrogens with zero attached hydrogens (tertiary/aromatic N) is 3. The van der Waals surface area contributed by atoms with Crippen molar-refractivity contribution in [1.29, 1.82) is 0 Å². The molecule has 0 saturated carbocycles. The normalized spacial score (nSPS) is 11.5. The van der Waals surface area contributed by atoms with Gasteiger partial charge in [-0.2, -0.15) is 0 Å². The summed E-state index contributed by atoms with van der Waals surface area (Å²) in [5, 5.41) is 4.70. The van der Waals surface area contributed by atoms with Gasteiger partial charge in [-0.05, 0) is 63.2 Å². The van der Waals surface area contributed by atoms with Gasteiger partial charge in [0.1, 0.15) is 11.2 Å². The molecule has 0 unspecified atom stereocenters. The standard InChI is InChI=1S/C57H35N3OS/c1-3-13-36(14-4-1)38-25-29-40(30-26-38)55-58-56(41-31-27-39(28-32-41)37-15-5-2-6-16-37)60-57(59-55)42-33-34-49-51(35-42)61-50-23-12-20-46(53(49)50)43-17-7-8-18-44(43)47-21-11-22-48-45-19-9-10-24-52(45)62-54(47)48/h1-35H. The maximum Gasteiger partial charge on any atom is 0.164 e. The van der Waals surface area contributed by atoms with Crippen LogP contribution in [-0.2, 0) is 0 Å². The van der Waals surface area contributed by atoms with Crippen molar-refractivity contribution in [2.24, 2.45) is 0 Å². The third kappa shape index (κ3) is 6.26. The van der Waals surface area contributed by atoms with Crippen molar-refractivity contribution in [1.82, 2.24) is 15.0 Å². The highest BCUT2D eigenvalue weighted by atomic mass is 32.1. The number of fused-ring (bicyclic) bond motifs is 6. The van der Waals surface area contributed by atoms with Gasteiger partial charge in [-0.25, -0.2) is 15.0 Å². The topological polar surface area (TPSA) is 51.8 Å². The molecule has 12 rings (SSSR count). The van der Waals surface area contributed by atoms with Gasteiger partial charge in [-0.3, -0.25) is 0 Å². The number of rotatable bonds is 7. The number of thiophene rings is 1. The first-order valence-electron chi connectivity index (χ1n) is 20.8. The minimum Gasteiger partial charge on any atom is -0.456 e. The fraction of sp³-hybridized carbons (Fsp3) is 0. The average molecular weight is 810 g/mol. The van der Waals surface area contributed by atoms with Gasteiger partial charge in [0.25, 0.3) is 0 Å². The molecule has 3 heterocycles. The van der Waals surface area contributed by atoms with Crippen molar-refractivity contribution in [3.05, 3.63) is 212 Å². The highest BCUT2D eigenvalue weighted by Crippen LogP contribution is 2.45. The molecule has 0 amide bonds. The molecule has 0 N–H and O–H groups in total. The number of hydrogen-bond acceptors (Lipinski definition) is 5. The summed E-state index contributed by atoms with van der Waals surface area (Å²) < 4.78 is 9.30. The Balaban J connectivity index is 0.976. The third-order valence-electron chi connectivity index (χ3n) is 11.8. The summed E-state index contributed by atoms with van der Waals surface area (Å²) in [5.41, 5.74) is 13.6. The van der Waals surface area contributed by atoms with Crippen LogP contribution in [-0.4, -0.2) is 15.0 Å². The van der Waals surface area contributed by atoms with Gasteiger partial charge in [-0.1, -0.05) is 188 Å². The van der Waals surface area contributed by atoms with Gasteiger partial charge in [0.15, 0.2) is 17.5 Å². The summed E-state index contributed by atoms with van der Waals surface area (Å²) in [4.78, 5) is 15.3. The Labute approximate surface area is 362 Å². The Morgan fingerprint density at radius 1 is 0.306 bits per heavy atom. The van der Waals surface area contributed by atoms with E-state index in [-0.39, 0.29) is 0 Å². The molecule has 0 radical (unpaired) electrons. The summed E-state index contributed by atoms with van der Waals surface area (Å²) in [7, 11) is 0. The lowest BCUT2D eigenvalue weighted by atomic mass is 9.91. The van der Waals surface area contributed by atoms with Gasteiger partial charge >= 0.3 is 0 Å². The van der Waals surface area contributed by atoms with Gasteiger partial charge < -0.3 is 4.42 Å². The van der Waals surface area contributed by atoms with Crippen LogP contribution < -0.4 is 0 Å². The SMILES string of the molecule is c1ccc(-c2ccc(-c3nc(-c4ccc(-c5ccccc5)cc4)nc(-c4ccc5c(c4)oc4cccc(-c6ccccc6-c6cccc7c6sc6ccccc67)c45)n3)cc2)cc1. The molecular formula is C57H35N3OS. The van der Waals surface area contributed by atoms with Crippen molar-refractivity contribution < 1.29 is 4.42 Å². The second kappa shape index (κ2) is 14.9. The van der Waals surface area contributed by atoms with Crippen molar-refractivity contribution in [3.8, 4) is 78.7 Å². The number of benzene rings is 9. The van der Waals surface area contributed by atoms with Crippen LogP contribution in [0.15, 0.2) is 217 Å². The monoisotopic (exact) mass is 809 g/mol. The number of furan rings is 1. The van der Waals surface area contributed by atoms with Gasteiger partial charge in [0.05, 0.1) is 0 Å². The van der Waals surface area contributed by atoms with Crippen molar-refractivity contribution in [2.45, 2.75) is 0 Å². The molecule has 3 aromatic heterocycles. The molecule has 0 fully saturated rings. The molecule has 62 heavy (non-hydrogen) atoms. The van der Waals surface area contributed by atoms with Crippen LogP contribution in [0.1, 0.15) is 0 Å². The Kier molecular flexibility index (Phi) is 8.65. The molecule has 290 valence electrons. The van der Waals surface area contributed by atoms with Crippen LogP contribution >= 0.6 is 11.3 Å². The lowest BCUT2D eigenvalue weighted by molar-refractivity contribution is 0.669. The van der Waals surface area contributed by atoms with E-state index in [1.807, 2.05) is 23.5 Å². The summed E-state index contributed by atoms with van der Waals surface area (Å²) in [6, 6.07) is 74.5. The summed E-state index contributed by atoms with van der Waals surface area (Å²) in [6.07, 6.45) is 0. The van der Waals surface area contributed by atoms with Crippen LogP contribution in [0.4, 0.5) is 0 Å². The molecule has 0 bridgehead atoms. The lowest BCUT2D eigenvalue weighted by Crippen LogP contribution is -2.00. The third-order valence-corrected chi connectivity index (χ3v) is 13.0. The molecule has 4 nitrogen and oxygen atoms in total. The zero-order valence-electron chi connectivity index (χ0n) is 33.4. The Hall–Kier alpha value is -7.99. The van der Waals surface area contributed by atoms with E-state index in [4.69, 9.17) is 19.4 Å². The molecule has 0 aliphatic heterocycles. The maximum atomic E-state index is 6.70. The van der Waals surface area contributed by atoms with E-state index < -0.39 is 0 Å². The zero-order chi connectivity index (χ0) is 41.0. The maximum absolute atomic E-state index is 6.70. The summed E-state index contributed by atoms with van der Waals surface area (Å²) >= 11 is 1.86. The molecule has 5 heteroatoms. The predicted octanol–water partition coefficient (Wildman–Crippen LogP) is 15.8. The lowest BCUT2D eigenvalue weighted by Gasteiger charge is -2.12. The molecule has 0 atom stereocenters. The molecule has 9 aromatic carbocycles. The Morgan fingerprint density at radius 2 is 0.774 bits per heavy atom. The number of aromatic nitrogens is 3. The Morgan fingerprint density at radius 3 is 1.44 bits per heavy atom. The van der Waals surface area contributed by atoms with Crippen LogP contribution in [0.3, 0.4) is 0 Å². The van der Waals surface area contributed by atoms with Gasteiger partial charge in [-0.15, -0.1) is 11.3 Å². The first-order valence-corrected chi connectivity index (χ1v) is 21.6. The fourth-order valence-corrected chi connectivity index (χ4v) is 9.98. The van der Waals surface area contributed by atoms with E-state index in [9.17, 15) is 0 Å². The number of hydrogen-bond donors (Lipinski definition) is 0. The van der Waals surface area contributed by atoms with E-state index in [1.165, 1.54) is 31.3 Å². The second-order valence-corrected chi connectivity index (χ2v) is 16.6. The highest BCUT2D eigenvalue weighted by molar-refractivity contribution is 7.26. The van der Waals surface area contributed by atoms with Gasteiger partial charge in [0, 0.05) is 53.2 Å². The van der Waals surface area contributed by atoms with Crippen molar-refractivity contribution in [3.63, 3.8) is 0 Å². The zero-order valence-corrected chi connectivity index (χ0v) is 34.2. The van der Waals surface area contributed by atoms with E-state index in [1.54, 1.807) is 0 Å². The predicted molar refractivity (Wildman–Crippen MR) is 258 cm³/mol. The van der Waals surface area contributed by atoms with Crippen molar-refractivity contribution in [2.75, 3.05) is 0 Å². The second-order valence-electron chi connectivity index (χ2n) is 15.5. The molecular weight excluding hydrogens is 775 g/mol. The minimum atomic E-state index is 0.577. The summed E-state index contributed by atoms with van der Waals surface area (Å²) in [5.74, 6) is 1.79. The molecule has 0 aliphatic carbocycles. The van der Waals surface area contributed by atoms with Crippen LogP contribution in [0.2, 0.25) is 0 Å². The molecule has 0 aliphatic rings. The Bertz CT molecular complexity index is 3510. The van der Waals surface area contributed by atoms with E-state index in [2.05, 4.69) is 200 Å². The van der Waals surface area contributed by atoms with Crippen LogP contribution in [0.5, 0.6) is 0 Å². The first-order chi connectivity index (χ1) is 30.7. The smallest absolute Gasteiger partial charge is 0.164 e. The largest absolute Gasteiger partial charge is 0.456 e. The first kappa shape index (κ1) is 35.9. The van der Waals surface area contributed by atoms with E-state index in [0.717, 1.165) is 72.0 Å². The van der Waals surface area contributed by atoms with E-state index in [0.29, 0.717) is 17.5 Å². The van der Waals surface area contributed by atoms with Crippen molar-refractivity contribution >= 4 is 53.4 Å². The quantitative estimate of drug-likeness (QED) is 0.161. The van der Waals surface area contributed by atoms with Gasteiger partial charge in [0.2, 0.25) is 0 Å². The van der Waals surface area contributed by atoms with Crippen LogP contribution in [0, 0.1) is 0 Å². The van der Waals surface area contributed by atoms with E-state index >= 15 is 0 Å². The average Bonchev–Trinajstić information content (AvgIpc) is 3.93. The van der Waals surface area contributed by atoms with Crippen LogP contribution in [0.25, 0.3) is 121 Å². The molecule has 0 saturated heterocycles. The molecule has 12 aromatic rings. The fourth-order valence-electron chi connectivity index (χ4n) is 8.75. The molecule has 0 spiro atoms. The minimum absolute atomic E-state index is 0.577. The highest BCUT2D eigenvalue weighted by Gasteiger charge is 2.20.